The first kappa shape index (κ1) is 17.8. The summed E-state index contributed by atoms with van der Waals surface area (Å²) >= 11 is 0. The quantitative estimate of drug-likeness (QED) is 0.615. The summed E-state index contributed by atoms with van der Waals surface area (Å²) < 4.78 is 22.4. The van der Waals surface area contributed by atoms with Crippen LogP contribution in [-0.2, 0) is 16.1 Å². The van der Waals surface area contributed by atoms with E-state index >= 15 is 0 Å². The molecule has 0 saturated heterocycles. The van der Waals surface area contributed by atoms with Crippen LogP contribution in [0, 0.1) is 0 Å². The Kier molecular flexibility index (Phi) is 8.16. The Morgan fingerprint density at radius 1 is 0.810 bits per heavy atom. The number of ether oxygens (including phenoxy) is 4. The number of hydrogen-bond donors (Lipinski definition) is 0. The largest absolute Gasteiger partial charge is 0.494 e. The van der Waals surface area contributed by atoms with Gasteiger partial charge in [-0.15, -0.1) is 0 Å². The molecule has 0 fully saturated rings. The van der Waals surface area contributed by atoms with Gasteiger partial charge in [0.1, 0.15) is 18.1 Å². The van der Waals surface area contributed by atoms with Crippen molar-refractivity contribution < 1.29 is 18.9 Å². The zero-order valence-electron chi connectivity index (χ0n) is 13.8. The molecule has 0 aliphatic heterocycles. The fraction of sp³-hybridized carbons (Fsp3) is 0.647. The molecular formula is C17H28O4. The Morgan fingerprint density at radius 2 is 1.43 bits per heavy atom. The molecule has 0 unspecified atom stereocenters. The molecule has 1 rings (SSSR count). The average Bonchev–Trinajstić information content (AvgIpc) is 2.41. The molecule has 1 aromatic carbocycles. The Balaban J connectivity index is 2.63. The topological polar surface area (TPSA) is 36.9 Å². The second kappa shape index (κ2) is 9.64. The van der Waals surface area contributed by atoms with Crippen molar-refractivity contribution in [2.75, 3.05) is 19.8 Å². The lowest BCUT2D eigenvalue weighted by atomic mass is 10.2. The van der Waals surface area contributed by atoms with E-state index in [1.54, 1.807) is 0 Å². The summed E-state index contributed by atoms with van der Waals surface area (Å²) in [7, 11) is 0. The highest BCUT2D eigenvalue weighted by Crippen LogP contribution is 2.24. The van der Waals surface area contributed by atoms with Gasteiger partial charge in [-0.3, -0.25) is 0 Å². The lowest BCUT2D eigenvalue weighted by Gasteiger charge is -2.13. The normalized spacial score (nSPS) is 11.2. The molecule has 0 atom stereocenters. The molecule has 120 valence electrons. The third-order valence-electron chi connectivity index (χ3n) is 2.64. The lowest BCUT2D eigenvalue weighted by Crippen LogP contribution is -2.11. The summed E-state index contributed by atoms with van der Waals surface area (Å²) in [5.41, 5.74) is 1.05. The maximum absolute atomic E-state index is 5.73. The van der Waals surface area contributed by atoms with Crippen LogP contribution in [0.25, 0.3) is 0 Å². The molecule has 4 heteroatoms. The third kappa shape index (κ3) is 7.93. The summed E-state index contributed by atoms with van der Waals surface area (Å²) in [6.07, 6.45) is 0.419. The van der Waals surface area contributed by atoms with E-state index in [4.69, 9.17) is 18.9 Å². The summed E-state index contributed by atoms with van der Waals surface area (Å²) in [5.74, 6) is 1.60. The van der Waals surface area contributed by atoms with E-state index in [2.05, 4.69) is 0 Å². The molecule has 0 amide bonds. The van der Waals surface area contributed by atoms with Crippen LogP contribution in [0.3, 0.4) is 0 Å². The van der Waals surface area contributed by atoms with Gasteiger partial charge in [-0.2, -0.15) is 0 Å². The van der Waals surface area contributed by atoms with Crippen molar-refractivity contribution in [3.8, 4) is 11.5 Å². The molecule has 4 nitrogen and oxygen atoms in total. The fourth-order valence-electron chi connectivity index (χ4n) is 1.75. The molecule has 21 heavy (non-hydrogen) atoms. The van der Waals surface area contributed by atoms with Crippen molar-refractivity contribution in [1.29, 1.82) is 0 Å². The standard InChI is InChI=1S/C17H28O4/c1-6-18-16-9-15(12-21-14(4)5)10-17(11-16)20-8-7-19-13(2)3/h9-11,13-14H,6-8,12H2,1-5H3. The van der Waals surface area contributed by atoms with Crippen molar-refractivity contribution in [2.24, 2.45) is 0 Å². The number of rotatable bonds is 10. The van der Waals surface area contributed by atoms with Crippen LogP contribution >= 0.6 is 0 Å². The monoisotopic (exact) mass is 296 g/mol. The fourth-order valence-corrected chi connectivity index (χ4v) is 1.75. The van der Waals surface area contributed by atoms with Gasteiger partial charge in [0, 0.05) is 6.07 Å². The van der Waals surface area contributed by atoms with Crippen LogP contribution < -0.4 is 9.47 Å². The van der Waals surface area contributed by atoms with E-state index in [9.17, 15) is 0 Å². The molecule has 0 aromatic heterocycles. The number of hydrogen-bond acceptors (Lipinski definition) is 4. The highest BCUT2D eigenvalue weighted by Gasteiger charge is 2.05. The van der Waals surface area contributed by atoms with Crippen molar-refractivity contribution in [3.63, 3.8) is 0 Å². The smallest absolute Gasteiger partial charge is 0.123 e. The van der Waals surface area contributed by atoms with Gasteiger partial charge in [0.25, 0.3) is 0 Å². The molecule has 0 aliphatic carbocycles. The first-order chi connectivity index (χ1) is 10.0. The summed E-state index contributed by atoms with van der Waals surface area (Å²) in [6, 6.07) is 5.88. The predicted molar refractivity (Wildman–Crippen MR) is 84.1 cm³/mol. The van der Waals surface area contributed by atoms with Crippen LogP contribution in [0.4, 0.5) is 0 Å². The predicted octanol–water partition coefficient (Wildman–Crippen LogP) is 3.81. The van der Waals surface area contributed by atoms with Gasteiger partial charge in [-0.1, -0.05) is 0 Å². The Hall–Kier alpha value is -1.26. The van der Waals surface area contributed by atoms with Crippen molar-refractivity contribution in [3.05, 3.63) is 23.8 Å². The van der Waals surface area contributed by atoms with Gasteiger partial charge < -0.3 is 18.9 Å². The maximum atomic E-state index is 5.73. The summed E-state index contributed by atoms with van der Waals surface area (Å²) in [4.78, 5) is 0. The third-order valence-corrected chi connectivity index (χ3v) is 2.64. The van der Waals surface area contributed by atoms with Crippen LogP contribution in [0.2, 0.25) is 0 Å². The minimum atomic E-state index is 0.199. The van der Waals surface area contributed by atoms with Gasteiger partial charge >= 0.3 is 0 Å². The Labute approximate surface area is 128 Å². The lowest BCUT2D eigenvalue weighted by molar-refractivity contribution is 0.0547. The molecule has 0 radical (unpaired) electrons. The van der Waals surface area contributed by atoms with Crippen molar-refractivity contribution in [2.45, 2.75) is 53.4 Å². The van der Waals surface area contributed by atoms with E-state index < -0.39 is 0 Å². The van der Waals surface area contributed by atoms with E-state index in [-0.39, 0.29) is 12.2 Å². The van der Waals surface area contributed by atoms with E-state index in [1.165, 1.54) is 0 Å². The van der Waals surface area contributed by atoms with Gasteiger partial charge in [0.15, 0.2) is 0 Å². The Morgan fingerprint density at radius 3 is 2.00 bits per heavy atom. The Bertz CT molecular complexity index is 402. The molecule has 0 N–H and O–H groups in total. The van der Waals surface area contributed by atoms with Crippen molar-refractivity contribution in [1.82, 2.24) is 0 Å². The molecule has 0 aliphatic rings. The minimum Gasteiger partial charge on any atom is -0.494 e. The molecule has 1 aromatic rings. The molecule has 0 saturated carbocycles. The first-order valence-electron chi connectivity index (χ1n) is 7.64. The second-order valence-electron chi connectivity index (χ2n) is 5.37. The zero-order valence-corrected chi connectivity index (χ0v) is 13.8. The van der Waals surface area contributed by atoms with E-state index in [0.717, 1.165) is 17.1 Å². The average molecular weight is 296 g/mol. The van der Waals surface area contributed by atoms with Gasteiger partial charge in [-0.05, 0) is 52.3 Å². The van der Waals surface area contributed by atoms with Crippen LogP contribution in [0.1, 0.15) is 40.2 Å². The van der Waals surface area contributed by atoms with E-state index in [0.29, 0.717) is 26.4 Å². The molecule has 0 heterocycles. The zero-order chi connectivity index (χ0) is 15.7. The maximum Gasteiger partial charge on any atom is 0.123 e. The minimum absolute atomic E-state index is 0.199. The van der Waals surface area contributed by atoms with Crippen LogP contribution in [0.5, 0.6) is 11.5 Å². The SMILES string of the molecule is CCOc1cc(COC(C)C)cc(OCCOC(C)C)c1. The second-order valence-corrected chi connectivity index (χ2v) is 5.37. The summed E-state index contributed by atoms with van der Waals surface area (Å²) in [5, 5.41) is 0. The highest BCUT2D eigenvalue weighted by atomic mass is 16.5. The van der Waals surface area contributed by atoms with Gasteiger partial charge in [0.2, 0.25) is 0 Å². The van der Waals surface area contributed by atoms with Crippen LogP contribution in [-0.4, -0.2) is 32.0 Å². The molecule has 0 bridgehead atoms. The van der Waals surface area contributed by atoms with Gasteiger partial charge in [-0.25, -0.2) is 0 Å². The summed E-state index contributed by atoms with van der Waals surface area (Å²) in [6.45, 7) is 12.3. The molecular weight excluding hydrogens is 268 g/mol. The van der Waals surface area contributed by atoms with Crippen LogP contribution in [0.15, 0.2) is 18.2 Å². The van der Waals surface area contributed by atoms with Crippen molar-refractivity contribution >= 4 is 0 Å². The first-order valence-corrected chi connectivity index (χ1v) is 7.64. The van der Waals surface area contributed by atoms with Gasteiger partial charge in [0.05, 0.1) is 32.0 Å². The number of benzene rings is 1. The molecule has 0 spiro atoms. The van der Waals surface area contributed by atoms with E-state index in [1.807, 2.05) is 52.8 Å². The highest BCUT2D eigenvalue weighted by molar-refractivity contribution is 5.38.